The molecule has 1 aromatic carbocycles. The third-order valence-corrected chi connectivity index (χ3v) is 4.07. The number of hydrogen-bond donors (Lipinski definition) is 3. The minimum atomic E-state index is -0.160. The van der Waals surface area contributed by atoms with Crippen molar-refractivity contribution in [3.8, 4) is 5.75 Å². The highest BCUT2D eigenvalue weighted by atomic mass is 16.5. The van der Waals surface area contributed by atoms with E-state index in [1.54, 1.807) is 0 Å². The van der Waals surface area contributed by atoms with Crippen molar-refractivity contribution in [2.24, 2.45) is 0 Å². The molecular formula is C16H21N3O3. The standard InChI is InChI=1S/C16H21N3O3/c20-15-10-22-14-7-6-11(8-13(14)19-15)9-17-16(21)18-12-4-2-1-3-5-12/h6-8,12H,1-5,9-10H2,(H,19,20)(H2,17,18,21). The Morgan fingerprint density at radius 3 is 2.91 bits per heavy atom. The number of carbonyl (C=O) groups is 2. The summed E-state index contributed by atoms with van der Waals surface area (Å²) in [4.78, 5) is 23.2. The van der Waals surface area contributed by atoms with Crippen molar-refractivity contribution in [2.75, 3.05) is 11.9 Å². The number of ether oxygens (including phenoxy) is 1. The van der Waals surface area contributed by atoms with Gasteiger partial charge in [-0.05, 0) is 30.5 Å². The molecule has 3 N–H and O–H groups in total. The van der Waals surface area contributed by atoms with Gasteiger partial charge in [-0.1, -0.05) is 25.3 Å². The maximum absolute atomic E-state index is 11.9. The number of hydrogen-bond acceptors (Lipinski definition) is 3. The predicted octanol–water partition coefficient (Wildman–Crippen LogP) is 2.15. The lowest BCUT2D eigenvalue weighted by Gasteiger charge is -2.23. The molecular weight excluding hydrogens is 282 g/mol. The number of anilines is 1. The van der Waals surface area contributed by atoms with E-state index in [2.05, 4.69) is 16.0 Å². The Balaban J connectivity index is 1.51. The molecule has 1 aliphatic carbocycles. The molecule has 1 heterocycles. The van der Waals surface area contributed by atoms with Crippen molar-refractivity contribution in [3.05, 3.63) is 23.8 Å². The van der Waals surface area contributed by atoms with Crippen molar-refractivity contribution >= 4 is 17.6 Å². The fourth-order valence-corrected chi connectivity index (χ4v) is 2.91. The third kappa shape index (κ3) is 3.69. The van der Waals surface area contributed by atoms with E-state index >= 15 is 0 Å². The fraction of sp³-hybridized carbons (Fsp3) is 0.500. The van der Waals surface area contributed by atoms with Gasteiger partial charge < -0.3 is 20.7 Å². The topological polar surface area (TPSA) is 79.5 Å². The second kappa shape index (κ2) is 6.68. The number of carbonyl (C=O) groups excluding carboxylic acids is 2. The Morgan fingerprint density at radius 1 is 1.27 bits per heavy atom. The molecule has 1 aliphatic heterocycles. The van der Waals surface area contributed by atoms with Crippen molar-refractivity contribution in [1.82, 2.24) is 10.6 Å². The van der Waals surface area contributed by atoms with Crippen LogP contribution in [0.3, 0.4) is 0 Å². The lowest BCUT2D eigenvalue weighted by Crippen LogP contribution is -2.42. The van der Waals surface area contributed by atoms with E-state index in [-0.39, 0.29) is 18.5 Å². The number of benzene rings is 1. The summed E-state index contributed by atoms with van der Waals surface area (Å²) in [5.41, 5.74) is 1.58. The van der Waals surface area contributed by atoms with Gasteiger partial charge in [0.25, 0.3) is 5.91 Å². The van der Waals surface area contributed by atoms with Gasteiger partial charge in [0.2, 0.25) is 0 Å². The smallest absolute Gasteiger partial charge is 0.315 e. The van der Waals surface area contributed by atoms with Gasteiger partial charge in [-0.25, -0.2) is 4.79 Å². The summed E-state index contributed by atoms with van der Waals surface area (Å²) in [6, 6.07) is 5.69. The molecule has 0 unspecified atom stereocenters. The molecule has 6 nitrogen and oxygen atoms in total. The summed E-state index contributed by atoms with van der Waals surface area (Å²) in [6.07, 6.45) is 5.78. The van der Waals surface area contributed by atoms with Gasteiger partial charge in [-0.15, -0.1) is 0 Å². The van der Waals surface area contributed by atoms with Crippen LogP contribution in [0.15, 0.2) is 18.2 Å². The first-order valence-corrected chi connectivity index (χ1v) is 7.80. The number of nitrogens with one attached hydrogen (secondary N) is 3. The fourth-order valence-electron chi connectivity index (χ4n) is 2.91. The van der Waals surface area contributed by atoms with Crippen LogP contribution in [0.5, 0.6) is 5.75 Å². The Kier molecular flexibility index (Phi) is 4.46. The zero-order chi connectivity index (χ0) is 15.4. The lowest BCUT2D eigenvalue weighted by molar-refractivity contribution is -0.118. The lowest BCUT2D eigenvalue weighted by atomic mass is 9.96. The summed E-state index contributed by atoms with van der Waals surface area (Å²) in [6.45, 7) is 0.468. The molecule has 118 valence electrons. The molecule has 0 atom stereocenters. The molecule has 0 aromatic heterocycles. The summed E-state index contributed by atoms with van der Waals surface area (Å²) >= 11 is 0. The third-order valence-electron chi connectivity index (χ3n) is 4.07. The molecule has 0 radical (unpaired) electrons. The van der Waals surface area contributed by atoms with Gasteiger partial charge in [0.15, 0.2) is 6.61 Å². The summed E-state index contributed by atoms with van der Waals surface area (Å²) in [7, 11) is 0. The van der Waals surface area contributed by atoms with Crippen LogP contribution in [-0.2, 0) is 11.3 Å². The molecule has 6 heteroatoms. The van der Waals surface area contributed by atoms with Crippen molar-refractivity contribution in [1.29, 1.82) is 0 Å². The molecule has 22 heavy (non-hydrogen) atoms. The average molecular weight is 303 g/mol. The monoisotopic (exact) mass is 303 g/mol. The van der Waals surface area contributed by atoms with E-state index in [1.165, 1.54) is 19.3 Å². The molecule has 3 rings (SSSR count). The Hall–Kier alpha value is -2.24. The zero-order valence-electron chi connectivity index (χ0n) is 12.5. The van der Waals surface area contributed by atoms with Gasteiger partial charge in [-0.2, -0.15) is 0 Å². The quantitative estimate of drug-likeness (QED) is 0.800. The molecule has 0 saturated heterocycles. The Morgan fingerprint density at radius 2 is 2.09 bits per heavy atom. The summed E-state index contributed by atoms with van der Waals surface area (Å²) in [5.74, 6) is 0.502. The van der Waals surface area contributed by atoms with Gasteiger partial charge >= 0.3 is 6.03 Å². The summed E-state index contributed by atoms with van der Waals surface area (Å²) < 4.78 is 5.31. The number of rotatable bonds is 3. The highest BCUT2D eigenvalue weighted by Crippen LogP contribution is 2.28. The van der Waals surface area contributed by atoms with Gasteiger partial charge in [-0.3, -0.25) is 4.79 Å². The molecule has 0 spiro atoms. The van der Waals surface area contributed by atoms with E-state index in [0.29, 0.717) is 24.0 Å². The molecule has 1 aromatic rings. The second-order valence-corrected chi connectivity index (χ2v) is 5.83. The summed E-state index contributed by atoms with van der Waals surface area (Å²) in [5, 5.41) is 8.64. The van der Waals surface area contributed by atoms with E-state index in [9.17, 15) is 9.59 Å². The first-order chi connectivity index (χ1) is 10.7. The average Bonchev–Trinajstić information content (AvgIpc) is 2.53. The maximum atomic E-state index is 11.9. The van der Waals surface area contributed by atoms with Crippen molar-refractivity contribution in [3.63, 3.8) is 0 Å². The molecule has 1 saturated carbocycles. The number of amides is 3. The largest absolute Gasteiger partial charge is 0.482 e. The van der Waals surface area contributed by atoms with Crippen LogP contribution in [0.1, 0.15) is 37.7 Å². The van der Waals surface area contributed by atoms with E-state index in [1.807, 2.05) is 18.2 Å². The zero-order valence-corrected chi connectivity index (χ0v) is 12.5. The van der Waals surface area contributed by atoms with Crippen LogP contribution in [-0.4, -0.2) is 24.6 Å². The first-order valence-electron chi connectivity index (χ1n) is 7.80. The maximum Gasteiger partial charge on any atom is 0.315 e. The molecule has 1 fully saturated rings. The molecule has 3 amide bonds. The highest BCUT2D eigenvalue weighted by molar-refractivity contribution is 5.95. The van der Waals surface area contributed by atoms with Gasteiger partial charge in [0, 0.05) is 12.6 Å². The molecule has 2 aliphatic rings. The van der Waals surface area contributed by atoms with Crippen LogP contribution in [0.2, 0.25) is 0 Å². The van der Waals surface area contributed by atoms with Crippen LogP contribution >= 0.6 is 0 Å². The minimum absolute atomic E-state index is 0.0500. The van der Waals surface area contributed by atoms with Crippen LogP contribution in [0, 0.1) is 0 Å². The van der Waals surface area contributed by atoms with E-state index in [4.69, 9.17) is 4.74 Å². The first kappa shape index (κ1) is 14.7. The van der Waals surface area contributed by atoms with Crippen LogP contribution in [0.4, 0.5) is 10.5 Å². The van der Waals surface area contributed by atoms with Gasteiger partial charge in [0.05, 0.1) is 5.69 Å². The number of fused-ring (bicyclic) bond motifs is 1. The van der Waals surface area contributed by atoms with Crippen molar-refractivity contribution in [2.45, 2.75) is 44.7 Å². The minimum Gasteiger partial charge on any atom is -0.482 e. The SMILES string of the molecule is O=C1COc2ccc(CNC(=O)NC3CCCCC3)cc2N1. The van der Waals surface area contributed by atoms with Crippen LogP contribution in [0.25, 0.3) is 0 Å². The van der Waals surface area contributed by atoms with E-state index in [0.717, 1.165) is 18.4 Å². The highest BCUT2D eigenvalue weighted by Gasteiger charge is 2.17. The normalized spacial score (nSPS) is 17.9. The molecule has 0 bridgehead atoms. The predicted molar refractivity (Wildman–Crippen MR) is 82.8 cm³/mol. The Bertz CT molecular complexity index is 568. The number of urea groups is 1. The van der Waals surface area contributed by atoms with Crippen molar-refractivity contribution < 1.29 is 14.3 Å². The Labute approximate surface area is 129 Å². The van der Waals surface area contributed by atoms with Gasteiger partial charge in [0.1, 0.15) is 5.75 Å². The van der Waals surface area contributed by atoms with E-state index < -0.39 is 0 Å². The second-order valence-electron chi connectivity index (χ2n) is 5.83. The van der Waals surface area contributed by atoms with Crippen LogP contribution < -0.4 is 20.7 Å².